The van der Waals surface area contributed by atoms with E-state index < -0.39 is 5.60 Å². The third-order valence-electron chi connectivity index (χ3n) is 3.28. The van der Waals surface area contributed by atoms with E-state index in [9.17, 15) is 4.79 Å². The Morgan fingerprint density at radius 2 is 2.00 bits per heavy atom. The number of unbranched alkanes of at least 4 members (excludes halogenated alkanes) is 1. The zero-order valence-electron chi connectivity index (χ0n) is 14.9. The predicted molar refractivity (Wildman–Crippen MR) is 93.4 cm³/mol. The van der Waals surface area contributed by atoms with Gasteiger partial charge >= 0.3 is 6.09 Å². The van der Waals surface area contributed by atoms with E-state index in [-0.39, 0.29) is 6.09 Å². The topological polar surface area (TPSA) is 63.2 Å². The molecule has 0 aliphatic rings. The first-order chi connectivity index (χ1) is 10.9. The summed E-state index contributed by atoms with van der Waals surface area (Å²) in [5, 5.41) is 6.34. The summed E-state index contributed by atoms with van der Waals surface area (Å²) in [5.74, 6) is 0. The number of amides is 1. The lowest BCUT2D eigenvalue weighted by molar-refractivity contribution is 0.0527. The summed E-state index contributed by atoms with van der Waals surface area (Å²) < 4.78 is 5.20. The molecule has 0 bridgehead atoms. The van der Waals surface area contributed by atoms with Gasteiger partial charge in [0.25, 0.3) is 0 Å². The van der Waals surface area contributed by atoms with Crippen molar-refractivity contribution in [1.29, 1.82) is 0 Å². The number of ether oxygens (including phenoxy) is 1. The Morgan fingerprint density at radius 3 is 2.61 bits per heavy atom. The van der Waals surface area contributed by atoms with Crippen molar-refractivity contribution in [3.8, 4) is 0 Å². The Balaban J connectivity index is 2.19. The molecule has 0 saturated carbocycles. The molecular weight excluding hydrogens is 290 g/mol. The van der Waals surface area contributed by atoms with Crippen LogP contribution < -0.4 is 10.6 Å². The fourth-order valence-corrected chi connectivity index (χ4v) is 2.26. The van der Waals surface area contributed by atoms with E-state index in [1.807, 2.05) is 39.1 Å². The molecule has 1 unspecified atom stereocenters. The average molecular weight is 321 g/mol. The van der Waals surface area contributed by atoms with Gasteiger partial charge in [0.2, 0.25) is 0 Å². The number of nitrogens with one attached hydrogen (secondary N) is 2. The van der Waals surface area contributed by atoms with Crippen LogP contribution in [0.3, 0.4) is 0 Å². The normalized spacial score (nSPS) is 12.7. The van der Waals surface area contributed by atoms with Crippen LogP contribution in [0.25, 0.3) is 0 Å². The van der Waals surface area contributed by atoms with E-state index in [2.05, 4.69) is 28.6 Å². The minimum absolute atomic E-state index is 0.306. The summed E-state index contributed by atoms with van der Waals surface area (Å²) in [4.78, 5) is 15.9. The lowest BCUT2D eigenvalue weighted by atomic mass is 10.1. The molecule has 1 amide bonds. The molecule has 0 fully saturated rings. The van der Waals surface area contributed by atoms with Crippen LogP contribution >= 0.6 is 0 Å². The maximum Gasteiger partial charge on any atom is 0.407 e. The smallest absolute Gasteiger partial charge is 0.407 e. The van der Waals surface area contributed by atoms with Gasteiger partial charge in [0.15, 0.2) is 0 Å². The Kier molecular flexibility index (Phi) is 8.62. The van der Waals surface area contributed by atoms with Gasteiger partial charge in [-0.05, 0) is 58.7 Å². The van der Waals surface area contributed by atoms with Crippen LogP contribution in [-0.4, -0.2) is 29.8 Å². The molecule has 0 saturated heterocycles. The Bertz CT molecular complexity index is 443. The second-order valence-electron chi connectivity index (χ2n) is 6.69. The van der Waals surface area contributed by atoms with Gasteiger partial charge in [0.1, 0.15) is 5.60 Å². The minimum Gasteiger partial charge on any atom is -0.444 e. The van der Waals surface area contributed by atoms with Crippen LogP contribution in [0, 0.1) is 0 Å². The van der Waals surface area contributed by atoms with Crippen molar-refractivity contribution in [2.45, 2.75) is 65.0 Å². The van der Waals surface area contributed by atoms with Crippen LogP contribution in [0.5, 0.6) is 0 Å². The SMILES string of the molecule is CCCC(NCCCCNC(=O)OC(C)(C)C)c1ccccn1. The number of hydrogen-bond donors (Lipinski definition) is 2. The van der Waals surface area contributed by atoms with Gasteiger partial charge in [-0.1, -0.05) is 19.4 Å². The molecule has 0 aliphatic heterocycles. The van der Waals surface area contributed by atoms with Gasteiger partial charge in [-0.25, -0.2) is 4.79 Å². The monoisotopic (exact) mass is 321 g/mol. The number of nitrogens with zero attached hydrogens (tertiary/aromatic N) is 1. The fraction of sp³-hybridized carbons (Fsp3) is 0.667. The first-order valence-corrected chi connectivity index (χ1v) is 8.53. The second kappa shape index (κ2) is 10.2. The van der Waals surface area contributed by atoms with Crippen molar-refractivity contribution < 1.29 is 9.53 Å². The van der Waals surface area contributed by atoms with Gasteiger partial charge in [-0.15, -0.1) is 0 Å². The number of aromatic nitrogens is 1. The van der Waals surface area contributed by atoms with E-state index in [0.717, 1.165) is 37.9 Å². The summed E-state index contributed by atoms with van der Waals surface area (Å²) in [6.07, 6.45) is 5.62. The largest absolute Gasteiger partial charge is 0.444 e. The molecule has 1 aromatic rings. The lowest BCUT2D eigenvalue weighted by Gasteiger charge is -2.20. The van der Waals surface area contributed by atoms with E-state index in [4.69, 9.17) is 4.74 Å². The molecule has 130 valence electrons. The Morgan fingerprint density at radius 1 is 1.26 bits per heavy atom. The number of carbonyl (C=O) groups is 1. The zero-order valence-corrected chi connectivity index (χ0v) is 14.9. The van der Waals surface area contributed by atoms with Crippen molar-refractivity contribution >= 4 is 6.09 Å². The highest BCUT2D eigenvalue weighted by atomic mass is 16.6. The summed E-state index contributed by atoms with van der Waals surface area (Å²) in [5.41, 5.74) is 0.656. The molecule has 1 atom stereocenters. The van der Waals surface area contributed by atoms with E-state index in [1.165, 1.54) is 0 Å². The van der Waals surface area contributed by atoms with Crippen LogP contribution in [0.1, 0.15) is 65.1 Å². The van der Waals surface area contributed by atoms with Crippen molar-refractivity contribution in [3.05, 3.63) is 30.1 Å². The fourth-order valence-electron chi connectivity index (χ4n) is 2.26. The van der Waals surface area contributed by atoms with Crippen LogP contribution in [0.15, 0.2) is 24.4 Å². The quantitative estimate of drug-likeness (QED) is 0.679. The molecule has 1 heterocycles. The van der Waals surface area contributed by atoms with Crippen molar-refractivity contribution in [2.24, 2.45) is 0 Å². The van der Waals surface area contributed by atoms with Crippen molar-refractivity contribution in [2.75, 3.05) is 13.1 Å². The number of hydrogen-bond acceptors (Lipinski definition) is 4. The molecule has 5 heteroatoms. The van der Waals surface area contributed by atoms with E-state index >= 15 is 0 Å². The van der Waals surface area contributed by atoms with Crippen molar-refractivity contribution in [1.82, 2.24) is 15.6 Å². The molecule has 5 nitrogen and oxygen atoms in total. The predicted octanol–water partition coefficient (Wildman–Crippen LogP) is 3.82. The van der Waals surface area contributed by atoms with Gasteiger partial charge in [0.05, 0.1) is 5.69 Å². The molecule has 0 radical (unpaired) electrons. The summed E-state index contributed by atoms with van der Waals surface area (Å²) in [6.45, 7) is 9.32. The highest BCUT2D eigenvalue weighted by Gasteiger charge is 2.15. The van der Waals surface area contributed by atoms with Crippen molar-refractivity contribution in [3.63, 3.8) is 0 Å². The first kappa shape index (κ1) is 19.4. The average Bonchev–Trinajstić information content (AvgIpc) is 2.48. The molecule has 1 aromatic heterocycles. The molecule has 2 N–H and O–H groups in total. The molecule has 0 aromatic carbocycles. The number of pyridine rings is 1. The molecular formula is C18H31N3O2. The second-order valence-corrected chi connectivity index (χ2v) is 6.69. The summed E-state index contributed by atoms with van der Waals surface area (Å²) in [7, 11) is 0. The number of alkyl carbamates (subject to hydrolysis) is 1. The highest BCUT2D eigenvalue weighted by Crippen LogP contribution is 2.15. The number of carbonyl (C=O) groups excluding carboxylic acids is 1. The van der Waals surface area contributed by atoms with Crippen LogP contribution in [-0.2, 0) is 4.74 Å². The van der Waals surface area contributed by atoms with Crippen LogP contribution in [0.2, 0.25) is 0 Å². The third-order valence-corrected chi connectivity index (χ3v) is 3.28. The first-order valence-electron chi connectivity index (χ1n) is 8.53. The third kappa shape index (κ3) is 9.18. The lowest BCUT2D eigenvalue weighted by Crippen LogP contribution is -2.33. The van der Waals surface area contributed by atoms with Crippen LogP contribution in [0.4, 0.5) is 4.79 Å². The van der Waals surface area contributed by atoms with E-state index in [1.54, 1.807) is 0 Å². The Hall–Kier alpha value is -1.62. The van der Waals surface area contributed by atoms with Gasteiger partial charge in [0, 0.05) is 18.8 Å². The van der Waals surface area contributed by atoms with Gasteiger partial charge < -0.3 is 15.4 Å². The maximum absolute atomic E-state index is 11.5. The molecule has 1 rings (SSSR count). The summed E-state index contributed by atoms with van der Waals surface area (Å²) >= 11 is 0. The van der Waals surface area contributed by atoms with Gasteiger partial charge in [-0.3, -0.25) is 4.98 Å². The number of rotatable bonds is 9. The zero-order chi connectivity index (χ0) is 17.1. The molecule has 0 spiro atoms. The van der Waals surface area contributed by atoms with Gasteiger partial charge in [-0.2, -0.15) is 0 Å². The maximum atomic E-state index is 11.5. The van der Waals surface area contributed by atoms with E-state index in [0.29, 0.717) is 12.6 Å². The Labute approximate surface area is 140 Å². The summed E-state index contributed by atoms with van der Waals surface area (Å²) in [6, 6.07) is 6.34. The standard InChI is InChI=1S/C18H31N3O2/c1-5-10-15(16-11-6-7-12-20-16)19-13-8-9-14-21-17(22)23-18(2,3)4/h6-7,11-12,15,19H,5,8-10,13-14H2,1-4H3,(H,21,22). The molecule has 0 aliphatic carbocycles. The minimum atomic E-state index is -0.443. The highest BCUT2D eigenvalue weighted by molar-refractivity contribution is 5.67. The molecule has 23 heavy (non-hydrogen) atoms.